The van der Waals surface area contributed by atoms with Crippen LogP contribution in [0.5, 0.6) is 0 Å². The van der Waals surface area contributed by atoms with Crippen molar-refractivity contribution in [1.29, 1.82) is 0 Å². The topological polar surface area (TPSA) is 115 Å². The quantitative estimate of drug-likeness (QED) is 0.534. The Morgan fingerprint density at radius 3 is 2.52 bits per heavy atom. The van der Waals surface area contributed by atoms with Crippen molar-refractivity contribution in [3.8, 4) is 0 Å². The largest absolute Gasteiger partial charge is 0.306 e. The first-order chi connectivity index (χ1) is 11.4. The van der Waals surface area contributed by atoms with Gasteiger partial charge in [0.1, 0.15) is 0 Å². The van der Waals surface area contributed by atoms with E-state index >= 15 is 0 Å². The van der Waals surface area contributed by atoms with E-state index in [1.807, 2.05) is 0 Å². The monoisotopic (exact) mass is 394 g/mol. The van der Waals surface area contributed by atoms with Gasteiger partial charge >= 0.3 is 5.69 Å². The van der Waals surface area contributed by atoms with Gasteiger partial charge in [-0.05, 0) is 24.5 Å². The van der Waals surface area contributed by atoms with Crippen LogP contribution in [0, 0.1) is 21.8 Å². The molecule has 1 aliphatic heterocycles. The standard InChI is InChI=1S/C14H19FN2O6S2/c1-10(2)8-16(11-5-6-24(20,21)9-11)25(22,23)12-3-4-13(15)14(7-12)17(18)19/h3-4,7,10-11H,5-6,8-9H2,1-2H3/t11-/m0/s1. The Balaban J connectivity index is 2.48. The van der Waals surface area contributed by atoms with Crippen LogP contribution in [-0.2, 0) is 19.9 Å². The molecule has 1 aliphatic rings. The minimum Gasteiger partial charge on any atom is -0.258 e. The summed E-state index contributed by atoms with van der Waals surface area (Å²) in [4.78, 5) is 9.44. The summed E-state index contributed by atoms with van der Waals surface area (Å²) in [6.07, 6.45) is 0.164. The number of hydrogen-bond donors (Lipinski definition) is 0. The van der Waals surface area contributed by atoms with Gasteiger partial charge in [0.2, 0.25) is 15.8 Å². The van der Waals surface area contributed by atoms with E-state index in [9.17, 15) is 31.3 Å². The molecule has 1 aromatic carbocycles. The van der Waals surface area contributed by atoms with Crippen molar-refractivity contribution in [3.63, 3.8) is 0 Å². The van der Waals surface area contributed by atoms with Crippen molar-refractivity contribution < 1.29 is 26.1 Å². The maximum atomic E-state index is 13.5. The molecule has 1 heterocycles. The second-order valence-electron chi connectivity index (χ2n) is 6.40. The molecule has 0 unspecified atom stereocenters. The molecule has 0 aromatic heterocycles. The second-order valence-corrected chi connectivity index (χ2v) is 10.5. The van der Waals surface area contributed by atoms with Gasteiger partial charge in [-0.15, -0.1) is 0 Å². The third kappa shape index (κ3) is 4.33. The minimum absolute atomic E-state index is 0.0632. The zero-order valence-corrected chi connectivity index (χ0v) is 15.4. The maximum absolute atomic E-state index is 13.5. The molecule has 0 radical (unpaired) electrons. The summed E-state index contributed by atoms with van der Waals surface area (Å²) in [6.45, 7) is 3.62. The summed E-state index contributed by atoms with van der Waals surface area (Å²) in [7, 11) is -7.53. The molecule has 0 amide bonds. The van der Waals surface area contributed by atoms with Crippen LogP contribution in [0.2, 0.25) is 0 Å². The van der Waals surface area contributed by atoms with Crippen LogP contribution in [-0.4, -0.2) is 50.2 Å². The van der Waals surface area contributed by atoms with Crippen LogP contribution >= 0.6 is 0 Å². The average molecular weight is 394 g/mol. The molecule has 0 N–H and O–H groups in total. The fraction of sp³-hybridized carbons (Fsp3) is 0.571. The smallest absolute Gasteiger partial charge is 0.258 e. The predicted molar refractivity (Wildman–Crippen MR) is 88.8 cm³/mol. The first-order valence-electron chi connectivity index (χ1n) is 7.60. The minimum atomic E-state index is -4.20. The van der Waals surface area contributed by atoms with Gasteiger partial charge in [0.05, 0.1) is 21.3 Å². The first kappa shape index (κ1) is 19.7. The van der Waals surface area contributed by atoms with E-state index in [0.29, 0.717) is 6.07 Å². The highest BCUT2D eigenvalue weighted by Crippen LogP contribution is 2.29. The van der Waals surface area contributed by atoms with Gasteiger partial charge < -0.3 is 0 Å². The zero-order valence-electron chi connectivity index (χ0n) is 13.8. The molecule has 0 spiro atoms. The predicted octanol–water partition coefficient (Wildman–Crippen LogP) is 1.57. The van der Waals surface area contributed by atoms with Crippen LogP contribution in [0.15, 0.2) is 23.1 Å². The fourth-order valence-corrected chi connectivity index (χ4v) is 6.40. The van der Waals surface area contributed by atoms with E-state index in [2.05, 4.69) is 0 Å². The van der Waals surface area contributed by atoms with Gasteiger partial charge in [-0.3, -0.25) is 10.1 Å². The molecule has 1 atom stereocenters. The summed E-state index contributed by atoms with van der Waals surface area (Å²) in [5.41, 5.74) is -0.940. The number of nitro groups is 1. The number of nitro benzene ring substituents is 1. The molecular formula is C14H19FN2O6S2. The average Bonchev–Trinajstić information content (AvgIpc) is 2.84. The van der Waals surface area contributed by atoms with Gasteiger partial charge in [-0.25, -0.2) is 16.8 Å². The van der Waals surface area contributed by atoms with Crippen molar-refractivity contribution >= 4 is 25.5 Å². The molecule has 8 nitrogen and oxygen atoms in total. The van der Waals surface area contributed by atoms with E-state index in [4.69, 9.17) is 0 Å². The number of sulfone groups is 1. The van der Waals surface area contributed by atoms with E-state index < -0.39 is 47.2 Å². The van der Waals surface area contributed by atoms with Crippen molar-refractivity contribution in [1.82, 2.24) is 4.31 Å². The number of rotatable bonds is 6. The Morgan fingerprint density at radius 2 is 2.04 bits per heavy atom. The van der Waals surface area contributed by atoms with E-state index in [1.54, 1.807) is 13.8 Å². The third-order valence-electron chi connectivity index (χ3n) is 3.88. The first-order valence-corrected chi connectivity index (χ1v) is 10.9. The van der Waals surface area contributed by atoms with Gasteiger partial charge in [-0.2, -0.15) is 8.70 Å². The highest BCUT2D eigenvalue weighted by molar-refractivity contribution is 7.92. The summed E-state index contributed by atoms with van der Waals surface area (Å²) in [6, 6.07) is 1.61. The second kappa shape index (κ2) is 6.96. The Labute approximate surface area is 145 Å². The summed E-state index contributed by atoms with van der Waals surface area (Å²) < 4.78 is 63.9. The van der Waals surface area contributed by atoms with Crippen LogP contribution in [0.3, 0.4) is 0 Å². The molecule has 1 aromatic rings. The fourth-order valence-electron chi connectivity index (χ4n) is 2.73. The molecule has 0 bridgehead atoms. The van der Waals surface area contributed by atoms with Crippen LogP contribution in [0.1, 0.15) is 20.3 Å². The van der Waals surface area contributed by atoms with E-state index in [1.165, 1.54) is 0 Å². The number of nitrogens with zero attached hydrogens (tertiary/aromatic N) is 2. The number of sulfonamides is 1. The molecule has 1 saturated heterocycles. The van der Waals surface area contributed by atoms with Gasteiger partial charge in [0.15, 0.2) is 9.84 Å². The Bertz CT molecular complexity index is 883. The zero-order chi connectivity index (χ0) is 19.0. The van der Waals surface area contributed by atoms with E-state index in [-0.39, 0.29) is 30.4 Å². The van der Waals surface area contributed by atoms with Gasteiger partial charge in [0.25, 0.3) is 0 Å². The summed E-state index contributed by atoms with van der Waals surface area (Å²) in [5.74, 6) is -1.62. The Morgan fingerprint density at radius 1 is 1.40 bits per heavy atom. The third-order valence-corrected chi connectivity index (χ3v) is 7.55. The van der Waals surface area contributed by atoms with Crippen molar-refractivity contribution in [2.45, 2.75) is 31.2 Å². The molecule has 1 fully saturated rings. The maximum Gasteiger partial charge on any atom is 0.306 e. The normalized spacial score (nSPS) is 20.3. The molecule has 11 heteroatoms. The number of hydrogen-bond acceptors (Lipinski definition) is 6. The molecule has 140 valence electrons. The van der Waals surface area contributed by atoms with Crippen molar-refractivity contribution in [2.75, 3.05) is 18.1 Å². The highest BCUT2D eigenvalue weighted by atomic mass is 32.2. The highest BCUT2D eigenvalue weighted by Gasteiger charge is 2.39. The molecule has 25 heavy (non-hydrogen) atoms. The molecule has 0 aliphatic carbocycles. The van der Waals surface area contributed by atoms with Crippen molar-refractivity contribution in [3.05, 3.63) is 34.1 Å². The molecule has 2 rings (SSSR count). The lowest BCUT2D eigenvalue weighted by Crippen LogP contribution is -2.43. The number of halogens is 1. The lowest BCUT2D eigenvalue weighted by Gasteiger charge is -2.28. The molecular weight excluding hydrogens is 375 g/mol. The Hall–Kier alpha value is -1.59. The van der Waals surface area contributed by atoms with Gasteiger partial charge in [-0.1, -0.05) is 13.8 Å². The SMILES string of the molecule is CC(C)CN([C@H]1CCS(=O)(=O)C1)S(=O)(=O)c1ccc(F)c([N+](=O)[O-])c1. The van der Waals surface area contributed by atoms with E-state index in [0.717, 1.165) is 16.4 Å². The van der Waals surface area contributed by atoms with Crippen molar-refractivity contribution in [2.24, 2.45) is 5.92 Å². The van der Waals surface area contributed by atoms with Crippen LogP contribution in [0.4, 0.5) is 10.1 Å². The van der Waals surface area contributed by atoms with Crippen LogP contribution in [0.25, 0.3) is 0 Å². The lowest BCUT2D eigenvalue weighted by atomic mass is 10.2. The summed E-state index contributed by atoms with van der Waals surface area (Å²) in [5, 5.41) is 10.9. The Kier molecular flexibility index (Phi) is 5.50. The summed E-state index contributed by atoms with van der Waals surface area (Å²) >= 11 is 0. The van der Waals surface area contributed by atoms with Crippen LogP contribution < -0.4 is 0 Å². The number of benzene rings is 1. The van der Waals surface area contributed by atoms with Gasteiger partial charge in [0, 0.05) is 18.7 Å². The molecule has 0 saturated carbocycles. The lowest BCUT2D eigenvalue weighted by molar-refractivity contribution is -0.387.